The van der Waals surface area contributed by atoms with Gasteiger partial charge in [0.1, 0.15) is 5.65 Å². The highest BCUT2D eigenvalue weighted by Crippen LogP contribution is 2.12. The number of aromatic nitrogens is 2. The van der Waals surface area contributed by atoms with Gasteiger partial charge in [0.25, 0.3) is 0 Å². The Morgan fingerprint density at radius 3 is 3.14 bits per heavy atom. The van der Waals surface area contributed by atoms with E-state index >= 15 is 0 Å². The fourth-order valence-electron chi connectivity index (χ4n) is 2.51. The molecule has 3 rings (SSSR count). The first-order chi connectivity index (χ1) is 10.7. The lowest BCUT2D eigenvalue weighted by atomic mass is 10.2. The van der Waals surface area contributed by atoms with Crippen molar-refractivity contribution in [3.8, 4) is 0 Å². The van der Waals surface area contributed by atoms with Gasteiger partial charge in [0.2, 0.25) is 0 Å². The minimum absolute atomic E-state index is 0.297. The molecule has 2 aromatic heterocycles. The van der Waals surface area contributed by atoms with Crippen LogP contribution in [0.4, 0.5) is 0 Å². The largest absolute Gasteiger partial charge is 0.376 e. The van der Waals surface area contributed by atoms with E-state index in [2.05, 4.69) is 36.5 Å². The summed E-state index contributed by atoms with van der Waals surface area (Å²) in [4.78, 5) is 8.80. The number of pyridine rings is 1. The highest BCUT2D eigenvalue weighted by molar-refractivity contribution is 9.10. The van der Waals surface area contributed by atoms with Crippen LogP contribution in [-0.2, 0) is 11.3 Å². The number of aliphatic imine (C=N–C) groups is 1. The van der Waals surface area contributed by atoms with Gasteiger partial charge in [-0.25, -0.2) is 4.98 Å². The maximum Gasteiger partial charge on any atom is 0.191 e. The standard InChI is InChI=1S/C15H20BrN5O/c1-17-15(19-8-13-3-2-6-22-13)18-7-12-10-21-9-11(16)4-5-14(21)20-12/h4-5,9-10,13H,2-3,6-8H2,1H3,(H2,17,18,19). The van der Waals surface area contributed by atoms with Crippen LogP contribution in [0.3, 0.4) is 0 Å². The molecule has 22 heavy (non-hydrogen) atoms. The van der Waals surface area contributed by atoms with Gasteiger partial charge in [-0.2, -0.15) is 0 Å². The van der Waals surface area contributed by atoms with Crippen molar-refractivity contribution in [3.63, 3.8) is 0 Å². The molecule has 0 radical (unpaired) electrons. The maximum atomic E-state index is 5.60. The van der Waals surface area contributed by atoms with E-state index in [0.717, 1.165) is 47.8 Å². The lowest BCUT2D eigenvalue weighted by molar-refractivity contribution is 0.114. The van der Waals surface area contributed by atoms with E-state index in [-0.39, 0.29) is 0 Å². The number of imidazole rings is 1. The van der Waals surface area contributed by atoms with Crippen molar-refractivity contribution in [1.82, 2.24) is 20.0 Å². The summed E-state index contributed by atoms with van der Waals surface area (Å²) in [5.41, 5.74) is 1.90. The van der Waals surface area contributed by atoms with Gasteiger partial charge >= 0.3 is 0 Å². The summed E-state index contributed by atoms with van der Waals surface area (Å²) in [6.07, 6.45) is 6.57. The van der Waals surface area contributed by atoms with Crippen molar-refractivity contribution >= 4 is 27.5 Å². The second-order valence-corrected chi connectivity index (χ2v) is 6.20. The number of ether oxygens (including phenoxy) is 1. The van der Waals surface area contributed by atoms with Crippen LogP contribution in [0.2, 0.25) is 0 Å². The molecule has 0 amide bonds. The highest BCUT2D eigenvalue weighted by atomic mass is 79.9. The van der Waals surface area contributed by atoms with Gasteiger partial charge < -0.3 is 19.8 Å². The predicted octanol–water partition coefficient (Wildman–Crippen LogP) is 1.94. The topological polar surface area (TPSA) is 63.0 Å². The van der Waals surface area contributed by atoms with Gasteiger partial charge in [0.15, 0.2) is 5.96 Å². The van der Waals surface area contributed by atoms with E-state index in [1.165, 1.54) is 0 Å². The third-order valence-electron chi connectivity index (χ3n) is 3.65. The molecule has 6 nitrogen and oxygen atoms in total. The van der Waals surface area contributed by atoms with Crippen LogP contribution in [0.15, 0.2) is 34.0 Å². The molecule has 0 saturated carbocycles. The molecule has 1 fully saturated rings. The van der Waals surface area contributed by atoms with Crippen molar-refractivity contribution < 1.29 is 4.74 Å². The Morgan fingerprint density at radius 2 is 2.36 bits per heavy atom. The van der Waals surface area contributed by atoms with E-state index in [1.807, 2.05) is 28.9 Å². The number of hydrogen-bond acceptors (Lipinski definition) is 3. The number of nitrogens with zero attached hydrogens (tertiary/aromatic N) is 3. The Hall–Kier alpha value is -1.60. The number of rotatable bonds is 4. The van der Waals surface area contributed by atoms with E-state index in [9.17, 15) is 0 Å². The van der Waals surface area contributed by atoms with Crippen molar-refractivity contribution in [1.29, 1.82) is 0 Å². The SMILES string of the molecule is CN=C(NCc1cn2cc(Br)ccc2n1)NCC1CCCO1. The maximum absolute atomic E-state index is 5.60. The molecule has 0 spiro atoms. The second-order valence-electron chi connectivity index (χ2n) is 5.29. The van der Waals surface area contributed by atoms with Gasteiger partial charge in [0, 0.05) is 37.1 Å². The summed E-state index contributed by atoms with van der Waals surface area (Å²) in [6, 6.07) is 3.97. The summed E-state index contributed by atoms with van der Waals surface area (Å²) >= 11 is 3.46. The molecular formula is C15H20BrN5O. The zero-order valence-electron chi connectivity index (χ0n) is 12.6. The molecule has 1 aliphatic heterocycles. The van der Waals surface area contributed by atoms with E-state index in [1.54, 1.807) is 7.05 Å². The monoisotopic (exact) mass is 365 g/mol. The van der Waals surface area contributed by atoms with Crippen molar-refractivity contribution in [2.75, 3.05) is 20.2 Å². The molecule has 7 heteroatoms. The summed E-state index contributed by atoms with van der Waals surface area (Å²) in [5, 5.41) is 6.58. The summed E-state index contributed by atoms with van der Waals surface area (Å²) in [6.45, 7) is 2.29. The van der Waals surface area contributed by atoms with Gasteiger partial charge in [-0.05, 0) is 40.9 Å². The van der Waals surface area contributed by atoms with E-state index in [0.29, 0.717) is 12.6 Å². The van der Waals surface area contributed by atoms with Gasteiger partial charge in [-0.15, -0.1) is 0 Å². The zero-order valence-corrected chi connectivity index (χ0v) is 14.1. The molecule has 0 aliphatic carbocycles. The van der Waals surface area contributed by atoms with Gasteiger partial charge in [-0.1, -0.05) is 0 Å². The molecule has 3 heterocycles. The molecule has 1 aliphatic rings. The average molecular weight is 366 g/mol. The Bertz CT molecular complexity index is 663. The van der Waals surface area contributed by atoms with E-state index < -0.39 is 0 Å². The zero-order chi connectivity index (χ0) is 15.4. The average Bonchev–Trinajstić information content (AvgIpc) is 3.16. The third kappa shape index (κ3) is 3.78. The molecule has 1 saturated heterocycles. The first-order valence-electron chi connectivity index (χ1n) is 7.44. The van der Waals surface area contributed by atoms with E-state index in [4.69, 9.17) is 4.74 Å². The number of guanidine groups is 1. The van der Waals surface area contributed by atoms with Crippen LogP contribution in [0.1, 0.15) is 18.5 Å². The Morgan fingerprint density at radius 1 is 1.45 bits per heavy atom. The summed E-state index contributed by atoms with van der Waals surface area (Å²) in [7, 11) is 1.77. The second kappa shape index (κ2) is 7.11. The molecule has 118 valence electrons. The first-order valence-corrected chi connectivity index (χ1v) is 8.23. The fraction of sp³-hybridized carbons (Fsp3) is 0.467. The Balaban J connectivity index is 1.54. The quantitative estimate of drug-likeness (QED) is 0.641. The van der Waals surface area contributed by atoms with Crippen LogP contribution in [-0.4, -0.2) is 41.6 Å². The molecule has 2 N–H and O–H groups in total. The molecular weight excluding hydrogens is 346 g/mol. The van der Waals surface area contributed by atoms with Gasteiger partial charge in [0.05, 0.1) is 18.3 Å². The molecule has 1 atom stereocenters. The first kappa shape index (κ1) is 15.3. The van der Waals surface area contributed by atoms with Crippen molar-refractivity contribution in [2.24, 2.45) is 4.99 Å². The molecule has 2 aromatic rings. The predicted molar refractivity (Wildman–Crippen MR) is 90.1 cm³/mol. The third-order valence-corrected chi connectivity index (χ3v) is 4.12. The summed E-state index contributed by atoms with van der Waals surface area (Å²) < 4.78 is 8.63. The molecule has 0 aromatic carbocycles. The van der Waals surface area contributed by atoms with Crippen LogP contribution in [0.25, 0.3) is 5.65 Å². The Kier molecular flexibility index (Phi) is 4.94. The normalized spacial score (nSPS) is 18.8. The number of halogens is 1. The molecule has 0 bridgehead atoms. The van der Waals surface area contributed by atoms with Crippen LogP contribution < -0.4 is 10.6 Å². The van der Waals surface area contributed by atoms with Crippen LogP contribution in [0.5, 0.6) is 0 Å². The number of hydrogen-bond donors (Lipinski definition) is 2. The van der Waals surface area contributed by atoms with Crippen LogP contribution in [0, 0.1) is 0 Å². The highest BCUT2D eigenvalue weighted by Gasteiger charge is 2.15. The minimum Gasteiger partial charge on any atom is -0.376 e. The minimum atomic E-state index is 0.297. The van der Waals surface area contributed by atoms with Gasteiger partial charge in [-0.3, -0.25) is 4.99 Å². The summed E-state index contributed by atoms with van der Waals surface area (Å²) in [5.74, 6) is 0.772. The molecule has 1 unspecified atom stereocenters. The Labute approximate surface area is 138 Å². The van der Waals surface area contributed by atoms with Crippen molar-refractivity contribution in [2.45, 2.75) is 25.5 Å². The lowest BCUT2D eigenvalue weighted by Gasteiger charge is -2.14. The lowest BCUT2D eigenvalue weighted by Crippen LogP contribution is -2.40. The smallest absolute Gasteiger partial charge is 0.191 e. The van der Waals surface area contributed by atoms with Crippen molar-refractivity contribution in [3.05, 3.63) is 34.7 Å². The van der Waals surface area contributed by atoms with Crippen LogP contribution >= 0.6 is 15.9 Å². The fourth-order valence-corrected chi connectivity index (χ4v) is 2.87. The number of fused-ring (bicyclic) bond motifs is 1. The number of nitrogens with one attached hydrogen (secondary N) is 2.